The number of rotatable bonds is 15. The highest BCUT2D eigenvalue weighted by Gasteiger charge is 2.21. The maximum absolute atomic E-state index is 4.72. The van der Waals surface area contributed by atoms with E-state index in [2.05, 4.69) is 68.7 Å². The number of aromatic amines is 1. The van der Waals surface area contributed by atoms with Crippen LogP contribution in [0.3, 0.4) is 0 Å². The average Bonchev–Trinajstić information content (AvgIpc) is 3.59. The molecule has 0 saturated carbocycles. The molecule has 0 radical (unpaired) electrons. The lowest BCUT2D eigenvalue weighted by molar-refractivity contribution is 0.244. The highest BCUT2D eigenvalue weighted by Crippen LogP contribution is 2.25. The Balaban J connectivity index is 1.29. The largest absolute Gasteiger partial charge is 0.360 e. The second kappa shape index (κ2) is 13.2. The molecule has 1 aromatic carbocycles. The van der Waals surface area contributed by atoms with Gasteiger partial charge in [0.1, 0.15) is 11.7 Å². The van der Waals surface area contributed by atoms with Crippen molar-refractivity contribution in [2.45, 2.75) is 65.7 Å². The van der Waals surface area contributed by atoms with Crippen LogP contribution in [0.2, 0.25) is 0 Å². The van der Waals surface area contributed by atoms with Crippen LogP contribution in [0.5, 0.6) is 0 Å². The maximum atomic E-state index is 4.72. The third kappa shape index (κ3) is 7.63. The van der Waals surface area contributed by atoms with Crippen LogP contribution in [-0.2, 0) is 26.2 Å². The second-order valence-corrected chi connectivity index (χ2v) is 10.3. The van der Waals surface area contributed by atoms with E-state index in [1.54, 1.807) is 0 Å². The number of aliphatic imine (C=N–C) groups is 1. The van der Waals surface area contributed by atoms with Crippen molar-refractivity contribution in [3.05, 3.63) is 53.1 Å². The Morgan fingerprint density at radius 3 is 2.49 bits per heavy atom. The standard InChI is InChI=1S/C28H45N7/c1-4-13-33(14-5-2)15-6-7-16-34-20-25-9-8-24(18-26(25)21-34)19-35(22-27-29-10-11-30-27)23-28-31-12-17-32(28)3/h8-11,18H,4-7,12-17,19-23H2,1-3H3,(H,29,30). The maximum Gasteiger partial charge on any atom is 0.120 e. The fraction of sp³-hybridized carbons (Fsp3) is 0.643. The first kappa shape index (κ1) is 25.9. The van der Waals surface area contributed by atoms with Gasteiger partial charge in [-0.05, 0) is 68.6 Å². The summed E-state index contributed by atoms with van der Waals surface area (Å²) in [6.07, 6.45) is 8.85. The Bertz CT molecular complexity index is 917. The number of amidine groups is 1. The number of imidazole rings is 1. The quantitative estimate of drug-likeness (QED) is 0.392. The zero-order chi connectivity index (χ0) is 24.5. The molecule has 0 saturated heterocycles. The summed E-state index contributed by atoms with van der Waals surface area (Å²) >= 11 is 0. The monoisotopic (exact) mass is 479 g/mol. The number of H-pyrrole nitrogens is 1. The van der Waals surface area contributed by atoms with E-state index in [0.29, 0.717) is 0 Å². The van der Waals surface area contributed by atoms with E-state index in [4.69, 9.17) is 4.99 Å². The summed E-state index contributed by atoms with van der Waals surface area (Å²) in [5, 5.41) is 0. The summed E-state index contributed by atoms with van der Waals surface area (Å²) in [4.78, 5) is 22.4. The molecule has 2 aromatic rings. The van der Waals surface area contributed by atoms with Crippen molar-refractivity contribution in [2.75, 3.05) is 52.9 Å². The molecule has 3 heterocycles. The molecule has 0 spiro atoms. The Labute approximate surface area is 212 Å². The van der Waals surface area contributed by atoms with Crippen LogP contribution in [0.25, 0.3) is 0 Å². The first-order valence-electron chi connectivity index (χ1n) is 13.6. The molecule has 2 aliphatic rings. The second-order valence-electron chi connectivity index (χ2n) is 10.3. The van der Waals surface area contributed by atoms with E-state index >= 15 is 0 Å². The minimum Gasteiger partial charge on any atom is -0.360 e. The normalized spacial score (nSPS) is 16.0. The molecule has 0 unspecified atom stereocenters. The molecule has 0 atom stereocenters. The molecule has 2 aliphatic heterocycles. The van der Waals surface area contributed by atoms with Crippen LogP contribution < -0.4 is 0 Å². The van der Waals surface area contributed by atoms with Crippen LogP contribution in [-0.4, -0.2) is 88.3 Å². The van der Waals surface area contributed by atoms with E-state index in [0.717, 1.165) is 51.6 Å². The number of nitrogens with zero attached hydrogens (tertiary/aromatic N) is 6. The van der Waals surface area contributed by atoms with Gasteiger partial charge in [-0.1, -0.05) is 32.0 Å². The van der Waals surface area contributed by atoms with E-state index in [-0.39, 0.29) is 0 Å². The number of fused-ring (bicyclic) bond motifs is 1. The predicted molar refractivity (Wildman–Crippen MR) is 144 cm³/mol. The molecular weight excluding hydrogens is 434 g/mol. The topological polar surface area (TPSA) is 54.0 Å². The Morgan fingerprint density at radius 2 is 1.77 bits per heavy atom. The van der Waals surface area contributed by atoms with Gasteiger partial charge in [0.05, 0.1) is 19.6 Å². The van der Waals surface area contributed by atoms with Crippen molar-refractivity contribution in [3.63, 3.8) is 0 Å². The van der Waals surface area contributed by atoms with E-state index in [1.807, 2.05) is 12.4 Å². The highest BCUT2D eigenvalue weighted by atomic mass is 15.3. The van der Waals surface area contributed by atoms with Gasteiger partial charge in [0.15, 0.2) is 0 Å². The van der Waals surface area contributed by atoms with Gasteiger partial charge in [-0.25, -0.2) is 4.98 Å². The minimum absolute atomic E-state index is 0.802. The first-order chi connectivity index (χ1) is 17.1. The molecule has 7 nitrogen and oxygen atoms in total. The van der Waals surface area contributed by atoms with Gasteiger partial charge in [-0.3, -0.25) is 14.8 Å². The van der Waals surface area contributed by atoms with Gasteiger partial charge in [0.25, 0.3) is 0 Å². The van der Waals surface area contributed by atoms with Crippen molar-refractivity contribution >= 4 is 5.84 Å². The number of aromatic nitrogens is 2. The number of unbranched alkanes of at least 4 members (excludes halogenated alkanes) is 1. The lowest BCUT2D eigenvalue weighted by Gasteiger charge is -2.24. The van der Waals surface area contributed by atoms with Gasteiger partial charge < -0.3 is 14.8 Å². The lowest BCUT2D eigenvalue weighted by Crippen LogP contribution is -2.36. The first-order valence-corrected chi connectivity index (χ1v) is 13.6. The average molecular weight is 480 g/mol. The SMILES string of the molecule is CCCN(CCC)CCCCN1Cc2ccc(CN(CC3=NCCN3C)Cc3ncc[nH]3)cc2C1. The fourth-order valence-electron chi connectivity index (χ4n) is 5.39. The number of hydrogen-bond donors (Lipinski definition) is 1. The number of likely N-dealkylation sites (N-methyl/N-ethyl adjacent to an activating group) is 1. The van der Waals surface area contributed by atoms with Gasteiger partial charge in [0, 0.05) is 45.6 Å². The lowest BCUT2D eigenvalue weighted by atomic mass is 10.1. The molecule has 35 heavy (non-hydrogen) atoms. The summed E-state index contributed by atoms with van der Waals surface area (Å²) in [6, 6.07) is 7.12. The fourth-order valence-corrected chi connectivity index (χ4v) is 5.39. The van der Waals surface area contributed by atoms with Gasteiger partial charge >= 0.3 is 0 Å². The van der Waals surface area contributed by atoms with Gasteiger partial charge in [-0.2, -0.15) is 0 Å². The van der Waals surface area contributed by atoms with Crippen LogP contribution in [0.1, 0.15) is 62.0 Å². The molecule has 1 N–H and O–H groups in total. The van der Waals surface area contributed by atoms with Crippen LogP contribution >= 0.6 is 0 Å². The molecule has 7 heteroatoms. The summed E-state index contributed by atoms with van der Waals surface area (Å²) in [7, 11) is 2.14. The summed E-state index contributed by atoms with van der Waals surface area (Å²) in [5.74, 6) is 2.19. The number of benzene rings is 1. The summed E-state index contributed by atoms with van der Waals surface area (Å²) in [5.41, 5.74) is 4.40. The summed E-state index contributed by atoms with van der Waals surface area (Å²) in [6.45, 7) is 16.2. The molecular formula is C28H45N7. The molecule has 192 valence electrons. The third-order valence-electron chi connectivity index (χ3n) is 7.21. The Morgan fingerprint density at radius 1 is 0.943 bits per heavy atom. The minimum atomic E-state index is 0.802. The Hall–Kier alpha value is -2.22. The van der Waals surface area contributed by atoms with Gasteiger partial charge in [-0.15, -0.1) is 0 Å². The van der Waals surface area contributed by atoms with Crippen LogP contribution in [0, 0.1) is 0 Å². The van der Waals surface area contributed by atoms with Crippen molar-refractivity contribution < 1.29 is 0 Å². The zero-order valence-electron chi connectivity index (χ0n) is 22.2. The van der Waals surface area contributed by atoms with Crippen molar-refractivity contribution in [3.8, 4) is 0 Å². The van der Waals surface area contributed by atoms with E-state index in [9.17, 15) is 0 Å². The molecule has 0 aliphatic carbocycles. The molecule has 0 bridgehead atoms. The van der Waals surface area contributed by atoms with E-state index < -0.39 is 0 Å². The van der Waals surface area contributed by atoms with Crippen LogP contribution in [0.15, 0.2) is 35.6 Å². The highest BCUT2D eigenvalue weighted by molar-refractivity contribution is 5.85. The molecule has 0 fully saturated rings. The number of nitrogens with one attached hydrogen (secondary N) is 1. The third-order valence-corrected chi connectivity index (χ3v) is 7.21. The molecule has 1 aromatic heterocycles. The Kier molecular flexibility index (Phi) is 9.74. The van der Waals surface area contributed by atoms with Gasteiger partial charge in [0.2, 0.25) is 0 Å². The van der Waals surface area contributed by atoms with Crippen LogP contribution in [0.4, 0.5) is 0 Å². The zero-order valence-corrected chi connectivity index (χ0v) is 22.2. The molecule has 0 amide bonds. The van der Waals surface area contributed by atoms with Crippen molar-refractivity contribution in [1.82, 2.24) is 29.6 Å². The molecule has 4 rings (SSSR count). The van der Waals surface area contributed by atoms with Crippen molar-refractivity contribution in [1.29, 1.82) is 0 Å². The van der Waals surface area contributed by atoms with Crippen molar-refractivity contribution in [2.24, 2.45) is 4.99 Å². The summed E-state index contributed by atoms with van der Waals surface area (Å²) < 4.78 is 0. The van der Waals surface area contributed by atoms with E-state index in [1.165, 1.54) is 74.4 Å². The smallest absolute Gasteiger partial charge is 0.120 e. The predicted octanol–water partition coefficient (Wildman–Crippen LogP) is 3.97. The number of hydrogen-bond acceptors (Lipinski definition) is 6.